The molecule has 0 saturated heterocycles. The monoisotopic (exact) mass is 322 g/mol. The van der Waals surface area contributed by atoms with Crippen molar-refractivity contribution in [1.82, 2.24) is 14.5 Å². The molecule has 1 aliphatic carbocycles. The van der Waals surface area contributed by atoms with E-state index in [0.29, 0.717) is 12.5 Å². The zero-order valence-corrected chi connectivity index (χ0v) is 13.3. The highest BCUT2D eigenvalue weighted by atomic mass is 35.5. The van der Waals surface area contributed by atoms with Crippen LogP contribution in [0.3, 0.4) is 0 Å². The van der Waals surface area contributed by atoms with E-state index in [2.05, 4.69) is 9.82 Å². The highest BCUT2D eigenvalue weighted by molar-refractivity contribution is 7.89. The molecule has 1 heterocycles. The van der Waals surface area contributed by atoms with Gasteiger partial charge in [-0.05, 0) is 18.8 Å². The first-order chi connectivity index (χ1) is 9.03. The van der Waals surface area contributed by atoms with Crippen LogP contribution in [0.15, 0.2) is 17.3 Å². The van der Waals surface area contributed by atoms with Gasteiger partial charge in [-0.3, -0.25) is 4.68 Å². The molecule has 1 aromatic heterocycles. The van der Waals surface area contributed by atoms with Crippen molar-refractivity contribution in [2.75, 3.05) is 6.54 Å². The number of sulfonamides is 1. The molecule has 0 aromatic carbocycles. The second-order valence-corrected chi connectivity index (χ2v) is 6.93. The lowest BCUT2D eigenvalue weighted by Gasteiger charge is -2.29. The molecule has 2 rings (SSSR count). The maximum atomic E-state index is 12.2. The van der Waals surface area contributed by atoms with Gasteiger partial charge in [-0.1, -0.05) is 19.3 Å². The van der Waals surface area contributed by atoms with Gasteiger partial charge < -0.3 is 5.73 Å². The second kappa shape index (κ2) is 7.40. The van der Waals surface area contributed by atoms with Gasteiger partial charge in [-0.15, -0.1) is 12.4 Å². The van der Waals surface area contributed by atoms with Crippen molar-refractivity contribution in [3.63, 3.8) is 0 Å². The molecule has 116 valence electrons. The maximum Gasteiger partial charge on any atom is 0.243 e. The van der Waals surface area contributed by atoms with E-state index in [9.17, 15) is 8.42 Å². The molecule has 1 saturated carbocycles. The Morgan fingerprint density at radius 3 is 2.60 bits per heavy atom. The van der Waals surface area contributed by atoms with E-state index in [1.165, 1.54) is 23.5 Å². The van der Waals surface area contributed by atoms with Crippen LogP contribution in [-0.2, 0) is 17.1 Å². The van der Waals surface area contributed by atoms with Crippen LogP contribution >= 0.6 is 12.4 Å². The zero-order valence-electron chi connectivity index (χ0n) is 11.7. The van der Waals surface area contributed by atoms with Crippen molar-refractivity contribution in [2.45, 2.75) is 43.0 Å². The third kappa shape index (κ3) is 4.18. The molecule has 1 aliphatic rings. The van der Waals surface area contributed by atoms with E-state index in [1.807, 2.05) is 0 Å². The van der Waals surface area contributed by atoms with Gasteiger partial charge in [0, 0.05) is 25.8 Å². The Balaban J connectivity index is 0.00000200. The molecule has 0 spiro atoms. The van der Waals surface area contributed by atoms with Gasteiger partial charge in [0.25, 0.3) is 0 Å². The van der Waals surface area contributed by atoms with E-state index in [4.69, 9.17) is 5.73 Å². The van der Waals surface area contributed by atoms with Crippen molar-refractivity contribution in [3.05, 3.63) is 12.4 Å². The Hall–Kier alpha value is -0.630. The fourth-order valence-electron chi connectivity index (χ4n) is 2.68. The van der Waals surface area contributed by atoms with E-state index in [0.717, 1.165) is 25.7 Å². The molecule has 1 atom stereocenters. The average molecular weight is 323 g/mol. The van der Waals surface area contributed by atoms with Crippen LogP contribution in [0.2, 0.25) is 0 Å². The number of hydrogen-bond acceptors (Lipinski definition) is 4. The summed E-state index contributed by atoms with van der Waals surface area (Å²) in [5, 5.41) is 3.89. The summed E-state index contributed by atoms with van der Waals surface area (Å²) in [6.07, 6.45) is 8.52. The minimum atomic E-state index is -3.51. The van der Waals surface area contributed by atoms with E-state index in [1.54, 1.807) is 7.05 Å². The SMILES string of the molecule is Cl.Cn1cc(S(=O)(=O)NC(CN)C2CCCCC2)cn1. The largest absolute Gasteiger partial charge is 0.329 e. The lowest BCUT2D eigenvalue weighted by molar-refractivity contribution is 0.294. The first-order valence-electron chi connectivity index (χ1n) is 6.74. The van der Waals surface area contributed by atoms with Gasteiger partial charge in [-0.2, -0.15) is 5.10 Å². The summed E-state index contributed by atoms with van der Waals surface area (Å²) in [6, 6.07) is -0.175. The first kappa shape index (κ1) is 17.4. The van der Waals surface area contributed by atoms with Gasteiger partial charge >= 0.3 is 0 Å². The number of hydrogen-bond donors (Lipinski definition) is 2. The van der Waals surface area contributed by atoms with Crippen LogP contribution in [-0.4, -0.2) is 30.8 Å². The molecule has 1 aromatic rings. The third-order valence-corrected chi connectivity index (χ3v) is 5.22. The Kier molecular flexibility index (Phi) is 6.44. The molecule has 1 unspecified atom stereocenters. The maximum absolute atomic E-state index is 12.2. The molecular weight excluding hydrogens is 300 g/mol. The van der Waals surface area contributed by atoms with E-state index < -0.39 is 10.0 Å². The van der Waals surface area contributed by atoms with Gasteiger partial charge in [-0.25, -0.2) is 13.1 Å². The molecule has 0 bridgehead atoms. The van der Waals surface area contributed by atoms with Crippen molar-refractivity contribution in [3.8, 4) is 0 Å². The lowest BCUT2D eigenvalue weighted by atomic mass is 9.84. The first-order valence-corrected chi connectivity index (χ1v) is 8.22. The molecule has 6 nitrogen and oxygen atoms in total. The molecule has 0 amide bonds. The predicted molar refractivity (Wildman–Crippen MR) is 80.2 cm³/mol. The second-order valence-electron chi connectivity index (χ2n) is 5.21. The van der Waals surface area contributed by atoms with E-state index in [-0.39, 0.29) is 23.3 Å². The molecule has 3 N–H and O–H groups in total. The molecule has 8 heteroatoms. The molecule has 20 heavy (non-hydrogen) atoms. The van der Waals surface area contributed by atoms with Crippen LogP contribution in [0, 0.1) is 5.92 Å². The summed E-state index contributed by atoms with van der Waals surface area (Å²) in [5.41, 5.74) is 5.75. The zero-order chi connectivity index (χ0) is 13.9. The fourth-order valence-corrected chi connectivity index (χ4v) is 3.98. The van der Waals surface area contributed by atoms with Gasteiger partial charge in [0.1, 0.15) is 4.90 Å². The average Bonchev–Trinajstić information content (AvgIpc) is 2.85. The van der Waals surface area contributed by atoms with Crippen LogP contribution in [0.1, 0.15) is 32.1 Å². The van der Waals surface area contributed by atoms with Crippen LogP contribution in [0.5, 0.6) is 0 Å². The summed E-state index contributed by atoms with van der Waals surface area (Å²) >= 11 is 0. The molecule has 0 aliphatic heterocycles. The summed E-state index contributed by atoms with van der Waals surface area (Å²) in [6.45, 7) is 0.337. The van der Waals surface area contributed by atoms with E-state index >= 15 is 0 Å². The minimum absolute atomic E-state index is 0. The summed E-state index contributed by atoms with van der Waals surface area (Å²) in [5.74, 6) is 0.352. The lowest BCUT2D eigenvalue weighted by Crippen LogP contribution is -2.45. The van der Waals surface area contributed by atoms with Gasteiger partial charge in [0.15, 0.2) is 0 Å². The van der Waals surface area contributed by atoms with Crippen molar-refractivity contribution in [2.24, 2.45) is 18.7 Å². The van der Waals surface area contributed by atoms with Crippen molar-refractivity contribution in [1.29, 1.82) is 0 Å². The van der Waals surface area contributed by atoms with Gasteiger partial charge in [0.2, 0.25) is 10.0 Å². The van der Waals surface area contributed by atoms with Crippen molar-refractivity contribution < 1.29 is 8.42 Å². The number of halogens is 1. The highest BCUT2D eigenvalue weighted by Gasteiger charge is 2.27. The minimum Gasteiger partial charge on any atom is -0.329 e. The summed E-state index contributed by atoms with van der Waals surface area (Å²) in [4.78, 5) is 0.198. The standard InChI is InChI=1S/C12H22N4O2S.ClH/c1-16-9-11(8-14-16)19(17,18)15-12(7-13)10-5-3-2-4-6-10;/h8-10,12,15H,2-7,13H2,1H3;1H. The topological polar surface area (TPSA) is 90.0 Å². The summed E-state index contributed by atoms with van der Waals surface area (Å²) < 4.78 is 28.7. The number of nitrogens with zero attached hydrogens (tertiary/aromatic N) is 2. The summed E-state index contributed by atoms with van der Waals surface area (Å²) in [7, 11) is -1.82. The predicted octanol–water partition coefficient (Wildman–Crippen LogP) is 1.03. The Morgan fingerprint density at radius 1 is 1.45 bits per heavy atom. The molecule has 0 radical (unpaired) electrons. The van der Waals surface area contributed by atoms with Gasteiger partial charge in [0.05, 0.1) is 6.20 Å². The number of aromatic nitrogens is 2. The smallest absolute Gasteiger partial charge is 0.243 e. The van der Waals surface area contributed by atoms with Crippen LogP contribution in [0.25, 0.3) is 0 Å². The third-order valence-electron chi connectivity index (χ3n) is 3.77. The van der Waals surface area contributed by atoms with Crippen molar-refractivity contribution >= 4 is 22.4 Å². The fraction of sp³-hybridized carbons (Fsp3) is 0.750. The highest BCUT2D eigenvalue weighted by Crippen LogP contribution is 2.26. The number of rotatable bonds is 5. The number of nitrogens with two attached hydrogens (primary N) is 1. The Labute approximate surface area is 126 Å². The Bertz CT molecular complexity index is 511. The number of nitrogens with one attached hydrogen (secondary N) is 1. The number of aryl methyl sites for hydroxylation is 1. The molecule has 1 fully saturated rings. The Morgan fingerprint density at radius 2 is 2.10 bits per heavy atom. The quantitative estimate of drug-likeness (QED) is 0.847. The van der Waals surface area contributed by atoms with Crippen LogP contribution < -0.4 is 10.5 Å². The van der Waals surface area contributed by atoms with Crippen LogP contribution in [0.4, 0.5) is 0 Å². The molecular formula is C12H23ClN4O2S. The normalized spacial score (nSPS) is 18.5.